The summed E-state index contributed by atoms with van der Waals surface area (Å²) < 4.78 is 11.4. The van der Waals surface area contributed by atoms with Gasteiger partial charge in [-0.3, -0.25) is 4.79 Å². The third kappa shape index (κ3) is 5.98. The number of nitrogens with one attached hydrogen (secondary N) is 2. The number of aryl methyl sites for hydroxylation is 2. The lowest BCUT2D eigenvalue weighted by atomic mass is 9.86. The molecule has 0 saturated carbocycles. The number of carbonyl (C=O) groups is 1. The first-order chi connectivity index (χ1) is 15.6. The number of benzene rings is 2. The van der Waals surface area contributed by atoms with E-state index in [1.165, 1.54) is 7.11 Å². The molecule has 8 heteroatoms. The number of amides is 1. The molecule has 0 bridgehead atoms. The van der Waals surface area contributed by atoms with Gasteiger partial charge in [-0.15, -0.1) is 0 Å². The quantitative estimate of drug-likeness (QED) is 0.492. The summed E-state index contributed by atoms with van der Waals surface area (Å²) in [5, 5.41) is 2.96. The zero-order chi connectivity index (χ0) is 24.2. The Bertz CT molecular complexity index is 1160. The van der Waals surface area contributed by atoms with Gasteiger partial charge >= 0.3 is 0 Å². The second kappa shape index (κ2) is 9.87. The third-order valence-corrected chi connectivity index (χ3v) is 4.87. The molecule has 0 saturated heterocycles. The molecule has 0 unspecified atom stereocenters. The zero-order valence-corrected chi connectivity index (χ0v) is 20.1. The zero-order valence-electron chi connectivity index (χ0n) is 20.1. The van der Waals surface area contributed by atoms with Crippen molar-refractivity contribution in [1.29, 1.82) is 0 Å². The van der Waals surface area contributed by atoms with Gasteiger partial charge in [0, 0.05) is 24.9 Å². The monoisotopic (exact) mass is 450 g/mol. The highest BCUT2D eigenvalue weighted by Gasteiger charge is 2.22. The fraction of sp³-hybridized carbons (Fsp3) is 0.320. The van der Waals surface area contributed by atoms with Crippen molar-refractivity contribution in [2.75, 3.05) is 19.5 Å². The Labute approximate surface area is 194 Å². The first-order valence-corrected chi connectivity index (χ1v) is 10.6. The molecule has 3 aromatic rings. The lowest BCUT2D eigenvalue weighted by Gasteiger charge is -2.23. The Morgan fingerprint density at radius 3 is 2.45 bits per heavy atom. The summed E-state index contributed by atoms with van der Waals surface area (Å²) in [4.78, 5) is 27.1. The van der Waals surface area contributed by atoms with Crippen LogP contribution >= 0.6 is 0 Å². The van der Waals surface area contributed by atoms with Crippen molar-refractivity contribution >= 4 is 11.6 Å². The van der Waals surface area contributed by atoms with Crippen LogP contribution in [0.3, 0.4) is 0 Å². The fourth-order valence-electron chi connectivity index (χ4n) is 3.27. The molecule has 1 heterocycles. The molecule has 33 heavy (non-hydrogen) atoms. The van der Waals surface area contributed by atoms with Gasteiger partial charge in [-0.25, -0.2) is 4.98 Å². The van der Waals surface area contributed by atoms with E-state index in [9.17, 15) is 4.79 Å². The van der Waals surface area contributed by atoms with Gasteiger partial charge in [0.05, 0.1) is 12.8 Å². The Morgan fingerprint density at radius 2 is 1.82 bits per heavy atom. The average Bonchev–Trinajstić information content (AvgIpc) is 2.72. The highest BCUT2D eigenvalue weighted by Crippen LogP contribution is 2.40. The summed E-state index contributed by atoms with van der Waals surface area (Å²) in [5.74, 6) is 2.12. The molecule has 1 aromatic heterocycles. The molecule has 2 N–H and O–H groups in total. The molecule has 0 aliphatic carbocycles. The van der Waals surface area contributed by atoms with Crippen molar-refractivity contribution in [3.8, 4) is 23.1 Å². The van der Waals surface area contributed by atoms with Crippen LogP contribution in [0.1, 0.15) is 48.1 Å². The number of anilines is 1. The normalized spacial score (nSPS) is 11.1. The van der Waals surface area contributed by atoms with Gasteiger partial charge in [0.1, 0.15) is 11.6 Å². The number of carbonyl (C=O) groups excluding carboxylic acids is 1. The van der Waals surface area contributed by atoms with E-state index in [2.05, 4.69) is 41.5 Å². The van der Waals surface area contributed by atoms with E-state index < -0.39 is 0 Å². The maximum atomic E-state index is 13.2. The van der Waals surface area contributed by atoms with Gasteiger partial charge < -0.3 is 19.6 Å². The van der Waals surface area contributed by atoms with Crippen LogP contribution in [0.25, 0.3) is 0 Å². The largest absolute Gasteiger partial charge is 0.491 e. The summed E-state index contributed by atoms with van der Waals surface area (Å²) in [5.41, 5.74) is 5.31. The van der Waals surface area contributed by atoms with Gasteiger partial charge in [-0.2, -0.15) is 10.5 Å². The molecule has 0 fully saturated rings. The third-order valence-electron chi connectivity index (χ3n) is 4.87. The lowest BCUT2D eigenvalue weighted by molar-refractivity contribution is 0.102. The van der Waals surface area contributed by atoms with Crippen LogP contribution in [0.2, 0.25) is 0 Å². The summed E-state index contributed by atoms with van der Waals surface area (Å²) in [6.45, 7) is 9.94. The highest BCUT2D eigenvalue weighted by atomic mass is 16.7. The maximum Gasteiger partial charge on any atom is 0.255 e. The number of aromatic nitrogens is 2. The van der Waals surface area contributed by atoms with E-state index in [-0.39, 0.29) is 11.3 Å². The van der Waals surface area contributed by atoms with Gasteiger partial charge in [0.25, 0.3) is 5.91 Å². The van der Waals surface area contributed by atoms with Crippen LogP contribution in [-0.2, 0) is 5.41 Å². The minimum Gasteiger partial charge on any atom is -0.491 e. The van der Waals surface area contributed by atoms with Crippen LogP contribution in [0, 0.1) is 13.8 Å². The number of ether oxygens (including phenoxy) is 2. The molecule has 3 rings (SSSR count). The molecule has 0 aliphatic rings. The highest BCUT2D eigenvalue weighted by molar-refractivity contribution is 6.05. The number of rotatable bonds is 7. The molecular formula is C25H30N4O4. The minimum absolute atomic E-state index is 0.169. The predicted molar refractivity (Wildman–Crippen MR) is 127 cm³/mol. The van der Waals surface area contributed by atoms with E-state index >= 15 is 0 Å². The maximum absolute atomic E-state index is 13.2. The SMILES string of the molecule is CNOc1cc(C(C)(C)C)cc(NC(=O)c2cc(C)cc(Oc3ccnc(C)n3)c2)c1OC. The van der Waals surface area contributed by atoms with E-state index in [1.807, 2.05) is 25.1 Å². The molecule has 0 radical (unpaired) electrons. The Morgan fingerprint density at radius 1 is 1.06 bits per heavy atom. The van der Waals surface area contributed by atoms with Gasteiger partial charge in [0.2, 0.25) is 5.88 Å². The van der Waals surface area contributed by atoms with E-state index in [0.717, 1.165) is 11.1 Å². The van der Waals surface area contributed by atoms with Crippen LogP contribution in [0.4, 0.5) is 5.69 Å². The first kappa shape index (κ1) is 24.0. The van der Waals surface area contributed by atoms with Crippen molar-refractivity contribution in [2.45, 2.75) is 40.0 Å². The van der Waals surface area contributed by atoms with E-state index in [4.69, 9.17) is 14.3 Å². The van der Waals surface area contributed by atoms with Gasteiger partial charge in [-0.05, 0) is 60.7 Å². The number of hydrogen-bond donors (Lipinski definition) is 2. The number of hydroxylamine groups is 1. The second-order valence-corrected chi connectivity index (χ2v) is 8.64. The molecule has 8 nitrogen and oxygen atoms in total. The smallest absolute Gasteiger partial charge is 0.255 e. The van der Waals surface area contributed by atoms with E-state index in [0.29, 0.717) is 40.2 Å². The standard InChI is InChI=1S/C25H30N4O4/c1-15-10-17(12-19(11-15)32-22-8-9-27-16(2)28-22)24(30)29-20-13-18(25(3,4)5)14-21(33-26-6)23(20)31-7/h8-14,26H,1-7H3,(H,29,30). The molecular weight excluding hydrogens is 420 g/mol. The predicted octanol–water partition coefficient (Wildman–Crippen LogP) is 4.96. The molecule has 0 aliphatic heterocycles. The Kier molecular flexibility index (Phi) is 7.18. The minimum atomic E-state index is -0.304. The second-order valence-electron chi connectivity index (χ2n) is 8.64. The van der Waals surface area contributed by atoms with Crippen molar-refractivity contribution in [1.82, 2.24) is 15.4 Å². The Hall–Kier alpha value is -3.65. The summed E-state index contributed by atoms with van der Waals surface area (Å²) >= 11 is 0. The average molecular weight is 451 g/mol. The van der Waals surface area contributed by atoms with Crippen LogP contribution in [-0.4, -0.2) is 30.0 Å². The van der Waals surface area contributed by atoms with Crippen LogP contribution in [0.15, 0.2) is 42.6 Å². The number of methoxy groups -OCH3 is 1. The van der Waals surface area contributed by atoms with Crippen LogP contribution in [0.5, 0.6) is 23.1 Å². The van der Waals surface area contributed by atoms with Gasteiger partial charge in [-0.1, -0.05) is 20.8 Å². The van der Waals surface area contributed by atoms with Crippen molar-refractivity contribution in [3.63, 3.8) is 0 Å². The summed E-state index contributed by atoms with van der Waals surface area (Å²) in [6.07, 6.45) is 1.63. The fourth-order valence-corrected chi connectivity index (χ4v) is 3.27. The summed E-state index contributed by atoms with van der Waals surface area (Å²) in [7, 11) is 3.20. The lowest BCUT2D eigenvalue weighted by Crippen LogP contribution is -2.18. The molecule has 1 amide bonds. The molecule has 2 aromatic carbocycles. The number of hydrogen-bond acceptors (Lipinski definition) is 7. The van der Waals surface area contributed by atoms with E-state index in [1.54, 1.807) is 38.4 Å². The number of nitrogens with zero attached hydrogens (tertiary/aromatic N) is 2. The van der Waals surface area contributed by atoms with Crippen molar-refractivity contribution in [3.05, 3.63) is 65.1 Å². The van der Waals surface area contributed by atoms with Crippen LogP contribution < -0.4 is 25.1 Å². The van der Waals surface area contributed by atoms with Crippen molar-refractivity contribution in [2.24, 2.45) is 0 Å². The molecule has 0 atom stereocenters. The van der Waals surface area contributed by atoms with Crippen molar-refractivity contribution < 1.29 is 19.1 Å². The molecule has 174 valence electrons. The topological polar surface area (TPSA) is 94.6 Å². The first-order valence-electron chi connectivity index (χ1n) is 10.6. The Balaban J connectivity index is 1.95. The van der Waals surface area contributed by atoms with Gasteiger partial charge in [0.15, 0.2) is 11.5 Å². The molecule has 0 spiro atoms. The summed E-state index contributed by atoms with van der Waals surface area (Å²) in [6, 6.07) is 10.8.